The second-order valence-electron chi connectivity index (χ2n) is 12.3. The number of benzene rings is 6. The highest BCUT2D eigenvalue weighted by molar-refractivity contribution is 6.19. The Kier molecular flexibility index (Phi) is 6.56. The first-order valence-corrected chi connectivity index (χ1v) is 16.5. The molecule has 9 rings (SSSR count). The maximum atomic E-state index is 10.7. The molecule has 0 bridgehead atoms. The number of rotatable bonds is 5. The first-order valence-electron chi connectivity index (χ1n) is 16.5. The molecule has 0 amide bonds. The predicted molar refractivity (Wildman–Crippen MR) is 205 cm³/mol. The SMILES string of the molecule is C=Cc1c(/C=C\C)oc2c1ccc1c3ccccc3n(-c3c(C#N)cccc3-c3cc(C#N)cc(-n4c5ccccc5c5ccccc54)c3)c12. The normalized spacial score (nSPS) is 11.7. The zero-order valence-electron chi connectivity index (χ0n) is 27.2. The summed E-state index contributed by atoms with van der Waals surface area (Å²) in [5.41, 5.74) is 9.83. The third kappa shape index (κ3) is 4.11. The van der Waals surface area contributed by atoms with Crippen LogP contribution < -0.4 is 0 Å². The molecule has 5 heteroatoms. The van der Waals surface area contributed by atoms with Gasteiger partial charge in [-0.25, -0.2) is 0 Å². The van der Waals surface area contributed by atoms with Crippen molar-refractivity contribution in [1.29, 1.82) is 10.5 Å². The number of fused-ring (bicyclic) bond motifs is 8. The molecule has 0 aliphatic heterocycles. The molecule has 0 radical (unpaired) electrons. The average molecular weight is 641 g/mol. The van der Waals surface area contributed by atoms with E-state index < -0.39 is 0 Å². The first-order chi connectivity index (χ1) is 24.6. The molecule has 0 spiro atoms. The maximum absolute atomic E-state index is 10.7. The van der Waals surface area contributed by atoms with Gasteiger partial charge >= 0.3 is 0 Å². The van der Waals surface area contributed by atoms with Crippen LogP contribution in [0, 0.1) is 22.7 Å². The molecule has 9 aromatic rings. The summed E-state index contributed by atoms with van der Waals surface area (Å²) in [5.74, 6) is 0.730. The van der Waals surface area contributed by atoms with Gasteiger partial charge in [-0.3, -0.25) is 0 Å². The van der Waals surface area contributed by atoms with Crippen LogP contribution in [0.25, 0.3) is 89.2 Å². The van der Waals surface area contributed by atoms with E-state index in [1.54, 1.807) is 0 Å². The Labute approximate surface area is 288 Å². The van der Waals surface area contributed by atoms with Gasteiger partial charge < -0.3 is 13.6 Å². The van der Waals surface area contributed by atoms with Crippen LogP contribution in [0.3, 0.4) is 0 Å². The van der Waals surface area contributed by atoms with Gasteiger partial charge in [0.1, 0.15) is 11.8 Å². The molecule has 0 fully saturated rings. The molecule has 50 heavy (non-hydrogen) atoms. The van der Waals surface area contributed by atoms with Crippen molar-refractivity contribution >= 4 is 66.7 Å². The summed E-state index contributed by atoms with van der Waals surface area (Å²) in [6.45, 7) is 6.06. The van der Waals surface area contributed by atoms with Crippen molar-refractivity contribution < 1.29 is 4.42 Å². The van der Waals surface area contributed by atoms with E-state index in [2.05, 4.69) is 94.6 Å². The first kappa shape index (κ1) is 29.1. The summed E-state index contributed by atoms with van der Waals surface area (Å²) >= 11 is 0. The molecular formula is C45H28N4O. The highest BCUT2D eigenvalue weighted by Crippen LogP contribution is 2.43. The predicted octanol–water partition coefficient (Wildman–Crippen LogP) is 11.7. The number of hydrogen-bond acceptors (Lipinski definition) is 3. The van der Waals surface area contributed by atoms with E-state index in [0.29, 0.717) is 11.1 Å². The fourth-order valence-corrected chi connectivity index (χ4v) is 7.63. The van der Waals surface area contributed by atoms with Crippen molar-refractivity contribution in [3.8, 4) is 34.6 Å². The van der Waals surface area contributed by atoms with Crippen LogP contribution in [0.1, 0.15) is 29.4 Å². The molecule has 0 aliphatic rings. The van der Waals surface area contributed by atoms with Gasteiger partial charge in [0.15, 0.2) is 5.58 Å². The van der Waals surface area contributed by atoms with Crippen LogP contribution in [-0.4, -0.2) is 9.13 Å². The summed E-state index contributed by atoms with van der Waals surface area (Å²) in [7, 11) is 0. The zero-order chi connectivity index (χ0) is 33.9. The van der Waals surface area contributed by atoms with Crippen LogP contribution in [0.4, 0.5) is 0 Å². The lowest BCUT2D eigenvalue weighted by Gasteiger charge is -2.17. The molecule has 5 nitrogen and oxygen atoms in total. The van der Waals surface area contributed by atoms with E-state index in [1.807, 2.05) is 79.7 Å². The summed E-state index contributed by atoms with van der Waals surface area (Å²) in [6, 6.07) is 45.8. The van der Waals surface area contributed by atoms with Crippen LogP contribution in [0.15, 0.2) is 138 Å². The van der Waals surface area contributed by atoms with Crippen LogP contribution in [0.2, 0.25) is 0 Å². The average Bonchev–Trinajstić information content (AvgIpc) is 3.81. The molecule has 3 aromatic heterocycles. The summed E-state index contributed by atoms with van der Waals surface area (Å²) in [4.78, 5) is 0. The highest BCUT2D eigenvalue weighted by atomic mass is 16.3. The topological polar surface area (TPSA) is 70.6 Å². The van der Waals surface area contributed by atoms with E-state index in [4.69, 9.17) is 4.42 Å². The monoisotopic (exact) mass is 640 g/mol. The fraction of sp³-hybridized carbons (Fsp3) is 0.0222. The number of hydrogen-bond donors (Lipinski definition) is 0. The lowest BCUT2D eigenvalue weighted by molar-refractivity contribution is 0.605. The Hall–Kier alpha value is -7.08. The van der Waals surface area contributed by atoms with Crippen LogP contribution in [-0.2, 0) is 0 Å². The molecule has 0 aliphatic carbocycles. The van der Waals surface area contributed by atoms with Gasteiger partial charge in [0.05, 0.1) is 45.0 Å². The molecule has 3 heterocycles. The zero-order valence-corrected chi connectivity index (χ0v) is 27.2. The minimum atomic E-state index is 0.507. The van der Waals surface area contributed by atoms with Gasteiger partial charge in [0, 0.05) is 43.7 Å². The molecule has 234 valence electrons. The number of aromatic nitrogens is 2. The molecule has 6 aromatic carbocycles. The largest absolute Gasteiger partial charge is 0.454 e. The standard InChI is InChI=1S/C45H28N4O/c1-3-12-42-32(4-2)38-22-21-37-36-16-7-10-20-41(36)49(44(37)45(38)50-42)43-29(27-47)13-11-17-33(43)30-23-28(26-46)24-31(25-30)48-39-18-8-5-14-34(39)35-15-6-9-19-40(35)48/h3-25H,2H2,1H3/b12-3-. The second-order valence-corrected chi connectivity index (χ2v) is 12.3. The van der Waals surface area contributed by atoms with Crippen molar-refractivity contribution in [2.45, 2.75) is 6.92 Å². The number of nitriles is 2. The number of furan rings is 1. The lowest BCUT2D eigenvalue weighted by Crippen LogP contribution is -2.02. The highest BCUT2D eigenvalue weighted by Gasteiger charge is 2.24. The molecular weight excluding hydrogens is 613 g/mol. The summed E-state index contributed by atoms with van der Waals surface area (Å²) in [5, 5.41) is 26.3. The smallest absolute Gasteiger partial charge is 0.160 e. The van der Waals surface area contributed by atoms with E-state index in [0.717, 1.165) is 88.4 Å². The minimum Gasteiger partial charge on any atom is -0.454 e. The molecule has 0 atom stereocenters. The van der Waals surface area contributed by atoms with Crippen molar-refractivity contribution in [1.82, 2.24) is 9.13 Å². The Morgan fingerprint density at radius 1 is 0.660 bits per heavy atom. The summed E-state index contributed by atoms with van der Waals surface area (Å²) in [6.07, 6.45) is 5.74. The van der Waals surface area contributed by atoms with Crippen molar-refractivity contribution in [2.24, 2.45) is 0 Å². The van der Waals surface area contributed by atoms with Gasteiger partial charge in [-0.15, -0.1) is 0 Å². The minimum absolute atomic E-state index is 0.507. The van der Waals surface area contributed by atoms with E-state index in [1.165, 1.54) is 0 Å². The van der Waals surface area contributed by atoms with Gasteiger partial charge in [-0.2, -0.15) is 10.5 Å². The Morgan fingerprint density at radius 2 is 1.30 bits per heavy atom. The van der Waals surface area contributed by atoms with Gasteiger partial charge in [0.2, 0.25) is 0 Å². The van der Waals surface area contributed by atoms with E-state index >= 15 is 0 Å². The molecule has 0 saturated carbocycles. The quantitative estimate of drug-likeness (QED) is 0.188. The van der Waals surface area contributed by atoms with Crippen molar-refractivity contribution in [3.63, 3.8) is 0 Å². The van der Waals surface area contributed by atoms with Crippen LogP contribution >= 0.6 is 0 Å². The lowest BCUT2D eigenvalue weighted by atomic mass is 9.97. The Balaban J connectivity index is 1.40. The molecule has 0 N–H and O–H groups in total. The van der Waals surface area contributed by atoms with E-state index in [-0.39, 0.29) is 0 Å². The third-order valence-corrected chi connectivity index (χ3v) is 9.66. The number of para-hydroxylation sites is 4. The number of allylic oxidation sites excluding steroid dienone is 1. The fourth-order valence-electron chi connectivity index (χ4n) is 7.63. The summed E-state index contributed by atoms with van der Waals surface area (Å²) < 4.78 is 11.0. The molecule has 0 saturated heterocycles. The molecule has 0 unspecified atom stereocenters. The van der Waals surface area contributed by atoms with Crippen molar-refractivity contribution in [2.75, 3.05) is 0 Å². The van der Waals surface area contributed by atoms with Gasteiger partial charge in [0.25, 0.3) is 0 Å². The van der Waals surface area contributed by atoms with Gasteiger partial charge in [-0.05, 0) is 67.1 Å². The number of nitrogens with zero attached hydrogens (tertiary/aromatic N) is 4. The van der Waals surface area contributed by atoms with Crippen LogP contribution in [0.5, 0.6) is 0 Å². The van der Waals surface area contributed by atoms with Crippen molar-refractivity contribution in [3.05, 3.63) is 156 Å². The second kappa shape index (κ2) is 11.3. The Bertz CT molecular complexity index is 2930. The third-order valence-electron chi connectivity index (χ3n) is 9.66. The van der Waals surface area contributed by atoms with Gasteiger partial charge in [-0.1, -0.05) is 91.5 Å². The Morgan fingerprint density at radius 3 is 1.94 bits per heavy atom. The maximum Gasteiger partial charge on any atom is 0.160 e. The van der Waals surface area contributed by atoms with E-state index in [9.17, 15) is 10.5 Å².